The van der Waals surface area contributed by atoms with Crippen LogP contribution in [0.4, 0.5) is 11.4 Å². The number of amides is 2. The van der Waals surface area contributed by atoms with Crippen LogP contribution in [-0.2, 0) is 9.59 Å². The molecule has 2 amide bonds. The molecule has 0 bridgehead atoms. The first-order valence-corrected chi connectivity index (χ1v) is 8.32. The average Bonchev–Trinajstić information content (AvgIpc) is 2.60. The lowest BCUT2D eigenvalue weighted by Gasteiger charge is -2.17. The van der Waals surface area contributed by atoms with E-state index in [1.807, 2.05) is 36.4 Å². The van der Waals surface area contributed by atoms with E-state index in [4.69, 9.17) is 4.74 Å². The van der Waals surface area contributed by atoms with E-state index in [2.05, 4.69) is 10.6 Å². The topological polar surface area (TPSA) is 67.4 Å². The number of hydrogen-bond acceptors (Lipinski definition) is 4. The zero-order valence-corrected chi connectivity index (χ0v) is 13.9. The van der Waals surface area contributed by atoms with E-state index in [9.17, 15) is 9.59 Å². The molecule has 2 N–H and O–H groups in total. The number of rotatable bonds is 4. The Kier molecular flexibility index (Phi) is 4.86. The normalized spacial score (nSPS) is 13.3. The van der Waals surface area contributed by atoms with Crippen molar-refractivity contribution in [3.8, 4) is 5.75 Å². The third-order valence-electron chi connectivity index (χ3n) is 3.40. The molecule has 6 heteroatoms. The first kappa shape index (κ1) is 16.1. The molecule has 0 fully saturated rings. The molecule has 122 valence electrons. The summed E-state index contributed by atoms with van der Waals surface area (Å²) in [4.78, 5) is 24.5. The summed E-state index contributed by atoms with van der Waals surface area (Å²) >= 11 is 1.48. The van der Waals surface area contributed by atoms with Crippen LogP contribution >= 0.6 is 11.8 Å². The number of nitrogens with one attached hydrogen (secondary N) is 2. The minimum absolute atomic E-state index is 0.0334. The van der Waals surface area contributed by atoms with Crippen molar-refractivity contribution in [3.05, 3.63) is 54.1 Å². The number of anilines is 2. The van der Waals surface area contributed by atoms with Crippen LogP contribution < -0.4 is 15.4 Å². The van der Waals surface area contributed by atoms with Gasteiger partial charge in [-0.05, 0) is 42.0 Å². The second kappa shape index (κ2) is 7.23. The molecule has 0 atom stereocenters. The van der Waals surface area contributed by atoms with E-state index in [1.54, 1.807) is 19.3 Å². The predicted octanol–water partition coefficient (Wildman–Crippen LogP) is 3.39. The Morgan fingerprint density at radius 2 is 2.17 bits per heavy atom. The fourth-order valence-corrected chi connectivity index (χ4v) is 3.05. The van der Waals surface area contributed by atoms with Crippen molar-refractivity contribution in [1.29, 1.82) is 0 Å². The van der Waals surface area contributed by atoms with Gasteiger partial charge in [0.15, 0.2) is 0 Å². The molecule has 0 aliphatic carbocycles. The van der Waals surface area contributed by atoms with E-state index < -0.39 is 0 Å². The summed E-state index contributed by atoms with van der Waals surface area (Å²) in [6.07, 6.45) is 3.18. The molecular weight excluding hydrogens is 324 g/mol. The zero-order chi connectivity index (χ0) is 16.9. The number of fused-ring (bicyclic) bond motifs is 1. The van der Waals surface area contributed by atoms with Crippen LogP contribution in [0.3, 0.4) is 0 Å². The first-order chi connectivity index (χ1) is 11.6. The lowest BCUT2D eigenvalue weighted by atomic mass is 10.2. The fourth-order valence-electron chi connectivity index (χ4n) is 2.26. The van der Waals surface area contributed by atoms with Gasteiger partial charge in [-0.2, -0.15) is 0 Å². The Bertz CT molecular complexity index is 818. The van der Waals surface area contributed by atoms with Gasteiger partial charge in [0.05, 0.1) is 18.6 Å². The van der Waals surface area contributed by atoms with Crippen molar-refractivity contribution >= 4 is 41.0 Å². The van der Waals surface area contributed by atoms with E-state index in [1.165, 1.54) is 17.8 Å². The van der Waals surface area contributed by atoms with Crippen molar-refractivity contribution < 1.29 is 14.3 Å². The Balaban J connectivity index is 1.67. The molecule has 1 heterocycles. The van der Waals surface area contributed by atoms with Crippen LogP contribution in [0.15, 0.2) is 53.4 Å². The molecule has 0 radical (unpaired) electrons. The molecule has 3 rings (SSSR count). The molecule has 0 aromatic heterocycles. The van der Waals surface area contributed by atoms with E-state index >= 15 is 0 Å². The van der Waals surface area contributed by atoms with Crippen molar-refractivity contribution in [1.82, 2.24) is 0 Å². The highest BCUT2D eigenvalue weighted by molar-refractivity contribution is 8.00. The Morgan fingerprint density at radius 3 is 3.00 bits per heavy atom. The van der Waals surface area contributed by atoms with Crippen molar-refractivity contribution in [2.45, 2.75) is 4.90 Å². The van der Waals surface area contributed by atoms with Gasteiger partial charge in [0.2, 0.25) is 11.8 Å². The summed E-state index contributed by atoms with van der Waals surface area (Å²) < 4.78 is 5.15. The van der Waals surface area contributed by atoms with Crippen LogP contribution in [-0.4, -0.2) is 24.7 Å². The third-order valence-corrected chi connectivity index (χ3v) is 4.47. The molecular formula is C18H16N2O3S. The second-order valence-electron chi connectivity index (χ2n) is 5.15. The molecule has 1 aliphatic rings. The average molecular weight is 340 g/mol. The smallest absolute Gasteiger partial charge is 0.248 e. The van der Waals surface area contributed by atoms with Gasteiger partial charge in [-0.25, -0.2) is 0 Å². The SMILES string of the molecule is COc1cccc(/C=C/C(=O)Nc2ccc3c(c2)NC(=O)CS3)c1. The molecule has 0 saturated carbocycles. The van der Waals surface area contributed by atoms with Gasteiger partial charge < -0.3 is 15.4 Å². The molecule has 2 aromatic rings. The predicted molar refractivity (Wildman–Crippen MR) is 96.5 cm³/mol. The van der Waals surface area contributed by atoms with Crippen LogP contribution in [0.25, 0.3) is 6.08 Å². The van der Waals surface area contributed by atoms with Crippen molar-refractivity contribution in [3.63, 3.8) is 0 Å². The van der Waals surface area contributed by atoms with E-state index in [-0.39, 0.29) is 11.8 Å². The van der Waals surface area contributed by atoms with Crippen LogP contribution in [0.5, 0.6) is 5.75 Å². The number of hydrogen-bond donors (Lipinski definition) is 2. The van der Waals surface area contributed by atoms with Gasteiger partial charge in [-0.1, -0.05) is 12.1 Å². The lowest BCUT2D eigenvalue weighted by molar-refractivity contribution is -0.114. The quantitative estimate of drug-likeness (QED) is 0.837. The summed E-state index contributed by atoms with van der Waals surface area (Å²) in [5.41, 5.74) is 2.24. The van der Waals surface area contributed by atoms with Gasteiger partial charge >= 0.3 is 0 Å². The highest BCUT2D eigenvalue weighted by atomic mass is 32.2. The number of methoxy groups -OCH3 is 1. The number of carbonyl (C=O) groups excluding carboxylic acids is 2. The minimum atomic E-state index is -0.243. The van der Waals surface area contributed by atoms with Gasteiger partial charge in [-0.15, -0.1) is 11.8 Å². The molecule has 0 spiro atoms. The molecule has 1 aliphatic heterocycles. The maximum Gasteiger partial charge on any atom is 0.248 e. The van der Waals surface area contributed by atoms with Gasteiger partial charge in [0, 0.05) is 16.7 Å². The highest BCUT2D eigenvalue weighted by Crippen LogP contribution is 2.33. The summed E-state index contributed by atoms with van der Waals surface area (Å²) in [7, 11) is 1.60. The standard InChI is InChI=1S/C18H16N2O3S/c1-23-14-4-2-3-12(9-14)5-8-17(21)19-13-6-7-16-15(10-13)20-18(22)11-24-16/h2-10H,11H2,1H3,(H,19,21)(H,20,22)/b8-5+. The number of carbonyl (C=O) groups is 2. The monoisotopic (exact) mass is 340 g/mol. The number of ether oxygens (including phenoxy) is 1. The molecule has 2 aromatic carbocycles. The molecule has 5 nitrogen and oxygen atoms in total. The maximum absolute atomic E-state index is 12.1. The van der Waals surface area contributed by atoms with Gasteiger partial charge in [-0.3, -0.25) is 9.59 Å². The Labute approximate surface area is 144 Å². The molecule has 0 unspecified atom stereocenters. The Hall–Kier alpha value is -2.73. The molecule has 24 heavy (non-hydrogen) atoms. The maximum atomic E-state index is 12.1. The summed E-state index contributed by atoms with van der Waals surface area (Å²) in [6, 6.07) is 12.9. The van der Waals surface area contributed by atoms with E-state index in [0.29, 0.717) is 11.4 Å². The van der Waals surface area contributed by atoms with Gasteiger partial charge in [0.25, 0.3) is 0 Å². The lowest BCUT2D eigenvalue weighted by Crippen LogP contribution is -2.19. The molecule has 0 saturated heterocycles. The van der Waals surface area contributed by atoms with Crippen molar-refractivity contribution in [2.24, 2.45) is 0 Å². The van der Waals surface area contributed by atoms with Gasteiger partial charge in [0.1, 0.15) is 5.75 Å². The Morgan fingerprint density at radius 1 is 1.29 bits per heavy atom. The highest BCUT2D eigenvalue weighted by Gasteiger charge is 2.15. The minimum Gasteiger partial charge on any atom is -0.497 e. The fraction of sp³-hybridized carbons (Fsp3) is 0.111. The van der Waals surface area contributed by atoms with Crippen LogP contribution in [0, 0.1) is 0 Å². The van der Waals surface area contributed by atoms with Crippen molar-refractivity contribution in [2.75, 3.05) is 23.5 Å². The summed E-state index contributed by atoms with van der Waals surface area (Å²) in [5, 5.41) is 5.59. The number of benzene rings is 2. The summed E-state index contributed by atoms with van der Waals surface area (Å²) in [6.45, 7) is 0. The summed E-state index contributed by atoms with van der Waals surface area (Å²) in [5.74, 6) is 0.879. The second-order valence-corrected chi connectivity index (χ2v) is 6.16. The van der Waals surface area contributed by atoms with E-state index in [0.717, 1.165) is 21.9 Å². The zero-order valence-electron chi connectivity index (χ0n) is 13.0. The van der Waals surface area contributed by atoms with Crippen LogP contribution in [0.1, 0.15) is 5.56 Å². The number of thioether (sulfide) groups is 1. The first-order valence-electron chi connectivity index (χ1n) is 7.34. The van der Waals surface area contributed by atoms with Crippen LogP contribution in [0.2, 0.25) is 0 Å². The third kappa shape index (κ3) is 3.97. The largest absolute Gasteiger partial charge is 0.497 e.